The van der Waals surface area contributed by atoms with Crippen LogP contribution >= 0.6 is 0 Å². The van der Waals surface area contributed by atoms with Crippen LogP contribution in [0.3, 0.4) is 0 Å². The summed E-state index contributed by atoms with van der Waals surface area (Å²) >= 11 is 0. The first-order valence-corrected chi connectivity index (χ1v) is 6.02. The Balaban J connectivity index is 3.04. The second-order valence-corrected chi connectivity index (χ2v) is 5.36. The van der Waals surface area contributed by atoms with E-state index in [2.05, 4.69) is 4.74 Å². The summed E-state index contributed by atoms with van der Waals surface area (Å²) in [6.07, 6.45) is 0.0939. The topological polar surface area (TPSA) is 43.4 Å². The maximum atomic E-state index is 12.4. The van der Waals surface area contributed by atoms with E-state index < -0.39 is 11.3 Å². The third kappa shape index (κ3) is 3.69. The molecular formula is C15H20O3. The van der Waals surface area contributed by atoms with E-state index in [1.807, 2.05) is 51.1 Å². The summed E-state index contributed by atoms with van der Waals surface area (Å²) in [7, 11) is 1.34. The van der Waals surface area contributed by atoms with E-state index in [0.717, 1.165) is 5.56 Å². The fourth-order valence-electron chi connectivity index (χ4n) is 1.82. The Labute approximate surface area is 108 Å². The van der Waals surface area contributed by atoms with Crippen LogP contribution in [0, 0.1) is 5.41 Å². The number of esters is 1. The maximum Gasteiger partial charge on any atom is 0.306 e. The smallest absolute Gasteiger partial charge is 0.306 e. The van der Waals surface area contributed by atoms with Crippen LogP contribution in [0.25, 0.3) is 0 Å². The van der Waals surface area contributed by atoms with Crippen LogP contribution in [0.4, 0.5) is 0 Å². The molecule has 3 nitrogen and oxygen atoms in total. The van der Waals surface area contributed by atoms with Crippen molar-refractivity contribution < 1.29 is 14.3 Å². The zero-order chi connectivity index (χ0) is 13.8. The highest BCUT2D eigenvalue weighted by Crippen LogP contribution is 2.30. The number of benzene rings is 1. The molecule has 0 saturated heterocycles. The van der Waals surface area contributed by atoms with Gasteiger partial charge in [-0.25, -0.2) is 0 Å². The van der Waals surface area contributed by atoms with E-state index >= 15 is 0 Å². The summed E-state index contributed by atoms with van der Waals surface area (Å²) in [5.41, 5.74) is 0.386. The van der Waals surface area contributed by atoms with Crippen LogP contribution in [0.2, 0.25) is 0 Å². The van der Waals surface area contributed by atoms with Gasteiger partial charge < -0.3 is 4.74 Å². The van der Waals surface area contributed by atoms with Crippen molar-refractivity contribution in [3.8, 4) is 0 Å². The monoisotopic (exact) mass is 248 g/mol. The third-order valence-electron chi connectivity index (χ3n) is 2.86. The van der Waals surface area contributed by atoms with Crippen LogP contribution in [0.1, 0.15) is 38.7 Å². The number of Topliss-reactive ketones (excluding diaryl/α,β-unsaturated/α-hetero) is 1. The lowest BCUT2D eigenvalue weighted by Crippen LogP contribution is -2.28. The number of ketones is 1. The SMILES string of the molecule is COC(=O)C[C@H](C(=O)C(C)(C)C)c1ccccc1. The molecule has 1 atom stereocenters. The van der Waals surface area contributed by atoms with Gasteiger partial charge in [0.2, 0.25) is 0 Å². The van der Waals surface area contributed by atoms with E-state index in [1.54, 1.807) is 0 Å². The summed E-state index contributed by atoms with van der Waals surface area (Å²) in [5.74, 6) is -0.737. The Morgan fingerprint density at radius 2 is 1.72 bits per heavy atom. The number of hydrogen-bond donors (Lipinski definition) is 0. The van der Waals surface area contributed by atoms with Crippen LogP contribution in [0.5, 0.6) is 0 Å². The third-order valence-corrected chi connectivity index (χ3v) is 2.86. The average molecular weight is 248 g/mol. The predicted octanol–water partition coefficient (Wildman–Crippen LogP) is 2.95. The van der Waals surface area contributed by atoms with E-state index in [9.17, 15) is 9.59 Å². The first-order valence-electron chi connectivity index (χ1n) is 6.02. The van der Waals surface area contributed by atoms with Crippen LogP contribution in [-0.4, -0.2) is 18.9 Å². The molecule has 0 bridgehead atoms. The fourth-order valence-corrected chi connectivity index (χ4v) is 1.82. The summed E-state index contributed by atoms with van der Waals surface area (Å²) in [4.78, 5) is 23.9. The number of ether oxygens (including phenoxy) is 1. The summed E-state index contributed by atoms with van der Waals surface area (Å²) < 4.78 is 4.67. The Kier molecular flexibility index (Phi) is 4.65. The molecular weight excluding hydrogens is 228 g/mol. The molecule has 0 aliphatic rings. The van der Waals surface area contributed by atoms with Gasteiger partial charge in [0.1, 0.15) is 5.78 Å². The molecule has 18 heavy (non-hydrogen) atoms. The summed E-state index contributed by atoms with van der Waals surface area (Å²) in [6.45, 7) is 5.59. The molecule has 0 amide bonds. The number of rotatable bonds is 4. The molecule has 1 rings (SSSR count). The molecule has 0 aliphatic heterocycles. The van der Waals surface area contributed by atoms with Crippen LogP contribution < -0.4 is 0 Å². The lowest BCUT2D eigenvalue weighted by Gasteiger charge is -2.24. The minimum Gasteiger partial charge on any atom is -0.469 e. The molecule has 1 aromatic carbocycles. The second kappa shape index (κ2) is 5.80. The molecule has 0 saturated carbocycles. The van der Waals surface area contributed by atoms with Gasteiger partial charge in [-0.2, -0.15) is 0 Å². The van der Waals surface area contributed by atoms with Crippen molar-refractivity contribution in [1.29, 1.82) is 0 Å². The Bertz CT molecular complexity index is 415. The molecule has 98 valence electrons. The highest BCUT2D eigenvalue weighted by molar-refractivity contribution is 5.93. The highest BCUT2D eigenvalue weighted by Gasteiger charge is 2.32. The first-order chi connectivity index (χ1) is 8.36. The number of carbonyl (C=O) groups excluding carboxylic acids is 2. The van der Waals surface area contributed by atoms with Gasteiger partial charge in [-0.3, -0.25) is 9.59 Å². The van der Waals surface area contributed by atoms with E-state index in [1.165, 1.54) is 7.11 Å². The molecule has 3 heteroatoms. The summed E-state index contributed by atoms with van der Waals surface area (Å²) in [5, 5.41) is 0. The van der Waals surface area contributed by atoms with Gasteiger partial charge in [0, 0.05) is 5.41 Å². The molecule has 0 radical (unpaired) electrons. The van der Waals surface area contributed by atoms with Crippen LogP contribution in [0.15, 0.2) is 30.3 Å². The predicted molar refractivity (Wildman–Crippen MR) is 70.3 cm³/mol. The molecule has 0 fully saturated rings. The molecule has 0 spiro atoms. The van der Waals surface area contributed by atoms with Gasteiger partial charge in [-0.1, -0.05) is 51.1 Å². The summed E-state index contributed by atoms with van der Waals surface area (Å²) in [6, 6.07) is 9.37. The Morgan fingerprint density at radius 1 is 1.17 bits per heavy atom. The zero-order valence-electron chi connectivity index (χ0n) is 11.4. The van der Waals surface area contributed by atoms with Gasteiger partial charge in [0.05, 0.1) is 19.4 Å². The highest BCUT2D eigenvalue weighted by atomic mass is 16.5. The van der Waals surface area contributed by atoms with Crippen molar-refractivity contribution in [3.05, 3.63) is 35.9 Å². The lowest BCUT2D eigenvalue weighted by atomic mass is 9.78. The van der Waals surface area contributed by atoms with Crippen molar-refractivity contribution in [2.75, 3.05) is 7.11 Å². The lowest BCUT2D eigenvalue weighted by molar-refractivity contribution is -0.143. The molecule has 0 aromatic heterocycles. The molecule has 0 N–H and O–H groups in total. The number of methoxy groups -OCH3 is 1. The number of hydrogen-bond acceptors (Lipinski definition) is 3. The first kappa shape index (κ1) is 14.4. The minimum atomic E-state index is -0.478. The van der Waals surface area contributed by atoms with Crippen molar-refractivity contribution in [2.24, 2.45) is 5.41 Å². The normalized spacial score (nSPS) is 12.9. The Morgan fingerprint density at radius 3 is 2.17 bits per heavy atom. The van der Waals surface area contributed by atoms with Crippen molar-refractivity contribution in [1.82, 2.24) is 0 Å². The van der Waals surface area contributed by atoms with Crippen molar-refractivity contribution in [2.45, 2.75) is 33.1 Å². The van der Waals surface area contributed by atoms with E-state index in [4.69, 9.17) is 0 Å². The quantitative estimate of drug-likeness (QED) is 0.769. The molecule has 0 heterocycles. The minimum absolute atomic E-state index is 0.0547. The zero-order valence-corrected chi connectivity index (χ0v) is 11.4. The Hall–Kier alpha value is -1.64. The molecule has 0 unspecified atom stereocenters. The molecule has 0 aliphatic carbocycles. The number of carbonyl (C=O) groups is 2. The maximum absolute atomic E-state index is 12.4. The van der Waals surface area contributed by atoms with Gasteiger partial charge in [0.15, 0.2) is 0 Å². The van der Waals surface area contributed by atoms with Gasteiger partial charge in [-0.05, 0) is 5.56 Å². The fraction of sp³-hybridized carbons (Fsp3) is 0.467. The molecule has 1 aromatic rings. The van der Waals surface area contributed by atoms with Gasteiger partial charge in [0.25, 0.3) is 0 Å². The van der Waals surface area contributed by atoms with Crippen molar-refractivity contribution >= 4 is 11.8 Å². The average Bonchev–Trinajstić information content (AvgIpc) is 2.34. The second-order valence-electron chi connectivity index (χ2n) is 5.36. The van der Waals surface area contributed by atoms with Crippen molar-refractivity contribution in [3.63, 3.8) is 0 Å². The van der Waals surface area contributed by atoms with Gasteiger partial charge >= 0.3 is 5.97 Å². The van der Waals surface area contributed by atoms with Crippen LogP contribution in [-0.2, 0) is 14.3 Å². The largest absolute Gasteiger partial charge is 0.469 e. The standard InChI is InChI=1S/C15H20O3/c1-15(2,3)14(17)12(10-13(16)18-4)11-8-6-5-7-9-11/h5-9,12H,10H2,1-4H3/t12-/m0/s1. The van der Waals surface area contributed by atoms with E-state index in [0.29, 0.717) is 0 Å². The van der Waals surface area contributed by atoms with Gasteiger partial charge in [-0.15, -0.1) is 0 Å². The van der Waals surface area contributed by atoms with E-state index in [-0.39, 0.29) is 18.2 Å².